The first-order valence-corrected chi connectivity index (χ1v) is 10.2. The van der Waals surface area contributed by atoms with Crippen molar-refractivity contribution in [1.29, 1.82) is 0 Å². The summed E-state index contributed by atoms with van der Waals surface area (Å²) in [5, 5.41) is 2.81. The summed E-state index contributed by atoms with van der Waals surface area (Å²) in [4.78, 5) is 12.2. The highest BCUT2D eigenvalue weighted by Gasteiger charge is 2.25. The maximum Gasteiger partial charge on any atom is 0.244 e. The molecule has 1 heterocycles. The van der Waals surface area contributed by atoms with E-state index in [9.17, 15) is 13.2 Å². The number of amides is 1. The molecule has 0 aromatic heterocycles. The molecular weight excluding hydrogens is 364 g/mol. The molecule has 27 heavy (non-hydrogen) atoms. The third-order valence-corrected chi connectivity index (χ3v) is 6.14. The lowest BCUT2D eigenvalue weighted by atomic mass is 10.2. The van der Waals surface area contributed by atoms with Gasteiger partial charge in [-0.15, -0.1) is 0 Å². The minimum absolute atomic E-state index is 0.205. The summed E-state index contributed by atoms with van der Waals surface area (Å²) in [7, 11) is -3.50. The topological polar surface area (TPSA) is 75.7 Å². The molecular formula is C20H22N2O4S. The van der Waals surface area contributed by atoms with Crippen LogP contribution >= 0.6 is 0 Å². The molecule has 1 fully saturated rings. The first-order chi connectivity index (χ1) is 13.1. The van der Waals surface area contributed by atoms with Crippen molar-refractivity contribution in [2.45, 2.75) is 11.4 Å². The van der Waals surface area contributed by atoms with Gasteiger partial charge in [0.1, 0.15) is 0 Å². The second kappa shape index (κ2) is 8.94. The van der Waals surface area contributed by atoms with Crippen LogP contribution in [0.4, 0.5) is 0 Å². The van der Waals surface area contributed by atoms with Crippen molar-refractivity contribution in [3.63, 3.8) is 0 Å². The molecule has 6 nitrogen and oxygen atoms in total. The van der Waals surface area contributed by atoms with Crippen molar-refractivity contribution in [2.75, 3.05) is 26.3 Å². The fourth-order valence-electron chi connectivity index (χ4n) is 2.70. The van der Waals surface area contributed by atoms with Crippen LogP contribution in [0.15, 0.2) is 65.6 Å². The Morgan fingerprint density at radius 3 is 2.37 bits per heavy atom. The van der Waals surface area contributed by atoms with E-state index >= 15 is 0 Å². The summed E-state index contributed by atoms with van der Waals surface area (Å²) in [6.07, 6.45) is 3.10. The average Bonchev–Trinajstić information content (AvgIpc) is 2.72. The Bertz CT molecular complexity index is 887. The summed E-state index contributed by atoms with van der Waals surface area (Å²) in [6, 6.07) is 16.2. The largest absolute Gasteiger partial charge is 0.379 e. The fourth-order valence-corrected chi connectivity index (χ4v) is 4.11. The smallest absolute Gasteiger partial charge is 0.244 e. The highest BCUT2D eigenvalue weighted by molar-refractivity contribution is 7.89. The van der Waals surface area contributed by atoms with Crippen LogP contribution < -0.4 is 5.32 Å². The van der Waals surface area contributed by atoms with Gasteiger partial charge in [-0.05, 0) is 29.3 Å². The number of ether oxygens (including phenoxy) is 1. The van der Waals surface area contributed by atoms with Crippen molar-refractivity contribution < 1.29 is 17.9 Å². The van der Waals surface area contributed by atoms with Gasteiger partial charge >= 0.3 is 0 Å². The van der Waals surface area contributed by atoms with E-state index in [0.29, 0.717) is 32.8 Å². The predicted molar refractivity (Wildman–Crippen MR) is 103 cm³/mol. The molecule has 0 spiro atoms. The molecule has 2 aromatic rings. The summed E-state index contributed by atoms with van der Waals surface area (Å²) in [5.41, 5.74) is 1.78. The first kappa shape index (κ1) is 19.3. The van der Waals surface area contributed by atoms with Gasteiger partial charge in [-0.1, -0.05) is 42.5 Å². The van der Waals surface area contributed by atoms with Gasteiger partial charge in [-0.3, -0.25) is 4.79 Å². The van der Waals surface area contributed by atoms with Crippen molar-refractivity contribution in [2.24, 2.45) is 0 Å². The van der Waals surface area contributed by atoms with Crippen molar-refractivity contribution in [3.8, 4) is 0 Å². The monoisotopic (exact) mass is 386 g/mol. The minimum atomic E-state index is -3.50. The van der Waals surface area contributed by atoms with Gasteiger partial charge in [-0.2, -0.15) is 4.31 Å². The quantitative estimate of drug-likeness (QED) is 0.771. The Balaban J connectivity index is 1.58. The second-order valence-electron chi connectivity index (χ2n) is 6.12. The second-order valence-corrected chi connectivity index (χ2v) is 8.06. The number of nitrogens with zero attached hydrogens (tertiary/aromatic N) is 1. The van der Waals surface area contributed by atoms with Gasteiger partial charge < -0.3 is 10.1 Å². The van der Waals surface area contributed by atoms with Crippen LogP contribution in [-0.4, -0.2) is 44.9 Å². The Morgan fingerprint density at radius 2 is 1.70 bits per heavy atom. The summed E-state index contributed by atoms with van der Waals surface area (Å²) >= 11 is 0. The van der Waals surface area contributed by atoms with Gasteiger partial charge in [-0.25, -0.2) is 8.42 Å². The van der Waals surface area contributed by atoms with Crippen LogP contribution in [-0.2, 0) is 26.1 Å². The fraction of sp³-hybridized carbons (Fsp3) is 0.250. The molecule has 0 atom stereocenters. The molecule has 0 aliphatic carbocycles. The summed E-state index contributed by atoms with van der Waals surface area (Å²) < 4.78 is 31.8. The van der Waals surface area contributed by atoms with Crippen LogP contribution in [0.1, 0.15) is 11.1 Å². The molecule has 0 bridgehead atoms. The Labute approximate surface area is 159 Å². The van der Waals surface area contributed by atoms with Crippen LogP contribution in [0.2, 0.25) is 0 Å². The third kappa shape index (κ3) is 5.26. The number of benzene rings is 2. The number of carbonyl (C=O) groups is 1. The number of rotatable bonds is 6. The molecule has 0 saturated carbocycles. The van der Waals surface area contributed by atoms with Crippen LogP contribution in [0.5, 0.6) is 0 Å². The molecule has 0 unspecified atom stereocenters. The highest BCUT2D eigenvalue weighted by atomic mass is 32.2. The van der Waals surface area contributed by atoms with Gasteiger partial charge in [0, 0.05) is 25.7 Å². The average molecular weight is 386 g/mol. The van der Waals surface area contributed by atoms with Gasteiger partial charge in [0.25, 0.3) is 0 Å². The van der Waals surface area contributed by atoms with E-state index in [1.165, 1.54) is 10.4 Å². The van der Waals surface area contributed by atoms with Gasteiger partial charge in [0.2, 0.25) is 15.9 Å². The Kier molecular flexibility index (Phi) is 6.39. The first-order valence-electron chi connectivity index (χ1n) is 8.73. The lowest BCUT2D eigenvalue weighted by Gasteiger charge is -2.26. The lowest BCUT2D eigenvalue weighted by Crippen LogP contribution is -2.40. The normalized spacial score (nSPS) is 15.7. The minimum Gasteiger partial charge on any atom is -0.379 e. The van der Waals surface area contributed by atoms with Gasteiger partial charge in [0.15, 0.2) is 0 Å². The van der Waals surface area contributed by atoms with E-state index in [4.69, 9.17) is 4.74 Å². The standard InChI is InChI=1S/C20H22N2O4S/c23-20(21-16-18-4-2-1-3-5-18)11-8-17-6-9-19(10-7-17)27(24,25)22-12-14-26-15-13-22/h1-11H,12-16H2,(H,21,23)/b11-8+. The number of sulfonamides is 1. The maximum absolute atomic E-state index is 12.6. The molecule has 2 aromatic carbocycles. The van der Waals surface area contributed by atoms with E-state index in [-0.39, 0.29) is 10.8 Å². The zero-order valence-electron chi connectivity index (χ0n) is 14.9. The lowest BCUT2D eigenvalue weighted by molar-refractivity contribution is -0.116. The Hall–Kier alpha value is -2.48. The number of hydrogen-bond acceptors (Lipinski definition) is 4. The van der Waals surface area contributed by atoms with E-state index in [1.807, 2.05) is 30.3 Å². The zero-order valence-corrected chi connectivity index (χ0v) is 15.7. The van der Waals surface area contributed by atoms with Crippen LogP contribution in [0, 0.1) is 0 Å². The number of hydrogen-bond donors (Lipinski definition) is 1. The highest BCUT2D eigenvalue weighted by Crippen LogP contribution is 2.18. The van der Waals surface area contributed by atoms with Crippen molar-refractivity contribution >= 4 is 22.0 Å². The molecule has 142 valence electrons. The van der Waals surface area contributed by atoms with E-state index in [0.717, 1.165) is 11.1 Å². The zero-order chi connectivity index (χ0) is 19.1. The number of morpholine rings is 1. The summed E-state index contributed by atoms with van der Waals surface area (Å²) in [5.74, 6) is -0.205. The molecule has 3 rings (SSSR count). The SMILES string of the molecule is O=C(/C=C/c1ccc(S(=O)(=O)N2CCOCC2)cc1)NCc1ccccc1. The van der Waals surface area contributed by atoms with E-state index < -0.39 is 10.0 Å². The molecule has 1 aliphatic rings. The predicted octanol–water partition coefficient (Wildman–Crippen LogP) is 2.04. The van der Waals surface area contributed by atoms with Crippen LogP contribution in [0.25, 0.3) is 6.08 Å². The van der Waals surface area contributed by atoms with Crippen LogP contribution in [0.3, 0.4) is 0 Å². The van der Waals surface area contributed by atoms with Gasteiger partial charge in [0.05, 0.1) is 18.1 Å². The number of nitrogens with one attached hydrogen (secondary N) is 1. The van der Waals surface area contributed by atoms with E-state index in [1.54, 1.807) is 30.3 Å². The molecule has 1 N–H and O–H groups in total. The van der Waals surface area contributed by atoms with Crippen molar-refractivity contribution in [3.05, 3.63) is 71.8 Å². The third-order valence-electron chi connectivity index (χ3n) is 4.22. The molecule has 1 amide bonds. The van der Waals surface area contributed by atoms with Crippen molar-refractivity contribution in [1.82, 2.24) is 9.62 Å². The molecule has 1 saturated heterocycles. The maximum atomic E-state index is 12.6. The Morgan fingerprint density at radius 1 is 1.04 bits per heavy atom. The molecule has 1 aliphatic heterocycles. The molecule has 7 heteroatoms. The summed E-state index contributed by atoms with van der Waals surface area (Å²) in [6.45, 7) is 2.02. The van der Waals surface area contributed by atoms with E-state index in [2.05, 4.69) is 5.32 Å². The molecule has 0 radical (unpaired) electrons. The number of carbonyl (C=O) groups excluding carboxylic acids is 1.